The van der Waals surface area contributed by atoms with Crippen LogP contribution in [0.1, 0.15) is 37.8 Å². The summed E-state index contributed by atoms with van der Waals surface area (Å²) >= 11 is 0. The molecule has 1 N–H and O–H groups in total. The van der Waals surface area contributed by atoms with Gasteiger partial charge in [-0.25, -0.2) is 0 Å². The van der Waals surface area contributed by atoms with E-state index in [-0.39, 0.29) is 0 Å². The minimum Gasteiger partial charge on any atom is -0.307 e. The number of hydrogen-bond donors (Lipinski definition) is 1. The van der Waals surface area contributed by atoms with Gasteiger partial charge in [0.15, 0.2) is 0 Å². The van der Waals surface area contributed by atoms with Crippen LogP contribution in [-0.4, -0.2) is 24.0 Å². The highest BCUT2D eigenvalue weighted by Crippen LogP contribution is 2.41. The topological polar surface area (TPSA) is 36.8 Å². The van der Waals surface area contributed by atoms with Crippen LogP contribution in [0.2, 0.25) is 0 Å². The number of allylic oxidation sites excluding steroid dienone is 2. The van der Waals surface area contributed by atoms with E-state index in [4.69, 9.17) is 4.99 Å². The number of rotatable bonds is 2. The molecule has 1 aromatic rings. The highest BCUT2D eigenvalue weighted by atomic mass is 15.3. The van der Waals surface area contributed by atoms with Gasteiger partial charge in [-0.05, 0) is 43.4 Å². The Bertz CT molecular complexity index is 733. The van der Waals surface area contributed by atoms with Gasteiger partial charge in [-0.2, -0.15) is 5.10 Å². The molecule has 3 nitrogen and oxygen atoms in total. The summed E-state index contributed by atoms with van der Waals surface area (Å²) in [5.41, 5.74) is 12.0. The van der Waals surface area contributed by atoms with Gasteiger partial charge in [0.2, 0.25) is 0 Å². The van der Waals surface area contributed by atoms with Crippen LogP contribution in [0.25, 0.3) is 5.57 Å². The Morgan fingerprint density at radius 3 is 2.81 bits per heavy atom. The monoisotopic (exact) mass is 277 g/mol. The van der Waals surface area contributed by atoms with Crippen molar-refractivity contribution in [1.82, 2.24) is 5.43 Å². The predicted octanol–water partition coefficient (Wildman–Crippen LogP) is 3.33. The molecule has 0 saturated carbocycles. The average Bonchev–Trinajstić information content (AvgIpc) is 2.92. The molecule has 3 heteroatoms. The smallest absolute Gasteiger partial charge is 0.117 e. The largest absolute Gasteiger partial charge is 0.307 e. The van der Waals surface area contributed by atoms with Gasteiger partial charge in [-0.3, -0.25) is 4.99 Å². The molecular weight excluding hydrogens is 258 g/mol. The fourth-order valence-electron chi connectivity index (χ4n) is 3.34. The fourth-order valence-corrected chi connectivity index (χ4v) is 3.34. The van der Waals surface area contributed by atoms with Crippen LogP contribution in [0.3, 0.4) is 0 Å². The molecule has 0 atom stereocenters. The lowest BCUT2D eigenvalue weighted by atomic mass is 9.77. The highest BCUT2D eigenvalue weighted by Gasteiger charge is 2.35. The van der Waals surface area contributed by atoms with Crippen LogP contribution >= 0.6 is 0 Å². The molecule has 4 rings (SSSR count). The molecule has 0 saturated heterocycles. The van der Waals surface area contributed by atoms with E-state index < -0.39 is 0 Å². The Balaban J connectivity index is 1.94. The zero-order valence-corrected chi connectivity index (χ0v) is 12.5. The van der Waals surface area contributed by atoms with E-state index >= 15 is 0 Å². The van der Waals surface area contributed by atoms with E-state index in [9.17, 15) is 0 Å². The number of hydrogen-bond acceptors (Lipinski definition) is 3. The third kappa shape index (κ3) is 1.88. The lowest BCUT2D eigenvalue weighted by Crippen LogP contribution is -2.28. The minimum atomic E-state index is 0.323. The van der Waals surface area contributed by atoms with E-state index in [2.05, 4.69) is 54.7 Å². The first-order valence-corrected chi connectivity index (χ1v) is 7.66. The third-order valence-electron chi connectivity index (χ3n) is 4.22. The number of nitrogens with zero attached hydrogens (tertiary/aromatic N) is 2. The van der Waals surface area contributed by atoms with Gasteiger partial charge in [0.05, 0.1) is 12.3 Å². The van der Waals surface area contributed by atoms with Crippen molar-refractivity contribution in [3.63, 3.8) is 0 Å². The second-order valence-corrected chi connectivity index (χ2v) is 6.08. The van der Waals surface area contributed by atoms with Crippen molar-refractivity contribution in [3.05, 3.63) is 52.6 Å². The van der Waals surface area contributed by atoms with Crippen LogP contribution in [0, 0.1) is 0 Å². The van der Waals surface area contributed by atoms with Gasteiger partial charge in [0.25, 0.3) is 0 Å². The SMILES string of the molecule is CC(C)N/N=C1\C2=NCC3=CCCC(=C32)c2ccccc21. The molecule has 0 unspecified atom stereocenters. The Morgan fingerprint density at radius 1 is 1.19 bits per heavy atom. The maximum absolute atomic E-state index is 4.78. The standard InChI is InChI=1S/C18H19N3/c1-11(2)20-21-17-15-8-4-3-7-13(15)14-9-5-6-12-10-19-18(17)16(12)14/h3-4,6-8,11,20H,5,9-10H2,1-2H3/b21-17-. The van der Waals surface area contributed by atoms with E-state index in [1.54, 1.807) is 0 Å². The molecule has 21 heavy (non-hydrogen) atoms. The van der Waals surface area contributed by atoms with Crippen molar-refractivity contribution >= 4 is 17.0 Å². The molecular formula is C18H19N3. The van der Waals surface area contributed by atoms with Gasteiger partial charge in [0.1, 0.15) is 5.71 Å². The first-order valence-electron chi connectivity index (χ1n) is 7.66. The molecule has 0 spiro atoms. The third-order valence-corrected chi connectivity index (χ3v) is 4.22. The van der Waals surface area contributed by atoms with Crippen LogP contribution < -0.4 is 5.43 Å². The molecule has 2 aliphatic carbocycles. The Kier molecular flexibility index (Phi) is 2.81. The molecule has 0 radical (unpaired) electrons. The van der Waals surface area contributed by atoms with Gasteiger partial charge < -0.3 is 5.43 Å². The highest BCUT2D eigenvalue weighted by molar-refractivity contribution is 6.58. The Labute approximate surface area is 125 Å². The van der Waals surface area contributed by atoms with Gasteiger partial charge in [-0.15, -0.1) is 0 Å². The van der Waals surface area contributed by atoms with Gasteiger partial charge in [-0.1, -0.05) is 30.3 Å². The van der Waals surface area contributed by atoms with E-state index in [0.29, 0.717) is 6.04 Å². The van der Waals surface area contributed by atoms with Crippen molar-refractivity contribution in [2.75, 3.05) is 6.54 Å². The summed E-state index contributed by atoms with van der Waals surface area (Å²) in [7, 11) is 0. The van der Waals surface area contributed by atoms with Crippen molar-refractivity contribution in [1.29, 1.82) is 0 Å². The molecule has 1 aromatic carbocycles. The number of hydrazone groups is 1. The molecule has 3 aliphatic rings. The quantitative estimate of drug-likeness (QED) is 0.827. The number of benzene rings is 1. The predicted molar refractivity (Wildman–Crippen MR) is 87.8 cm³/mol. The lowest BCUT2D eigenvalue weighted by Gasteiger charge is -2.26. The molecule has 0 aromatic heterocycles. The zero-order chi connectivity index (χ0) is 14.4. The second-order valence-electron chi connectivity index (χ2n) is 6.08. The second kappa shape index (κ2) is 4.69. The first-order chi connectivity index (χ1) is 10.3. The van der Waals surface area contributed by atoms with Gasteiger partial charge in [0, 0.05) is 17.2 Å². The molecule has 1 heterocycles. The summed E-state index contributed by atoms with van der Waals surface area (Å²) in [6, 6.07) is 8.92. The number of nitrogens with one attached hydrogen (secondary N) is 1. The molecule has 0 fully saturated rings. The molecule has 0 amide bonds. The summed E-state index contributed by atoms with van der Waals surface area (Å²) in [5, 5.41) is 4.67. The first kappa shape index (κ1) is 12.6. The summed E-state index contributed by atoms with van der Waals surface area (Å²) < 4.78 is 0. The van der Waals surface area contributed by atoms with Gasteiger partial charge >= 0.3 is 0 Å². The average molecular weight is 277 g/mol. The Morgan fingerprint density at radius 2 is 2.00 bits per heavy atom. The molecule has 0 bridgehead atoms. The van der Waals surface area contributed by atoms with E-state index in [0.717, 1.165) is 30.8 Å². The summed E-state index contributed by atoms with van der Waals surface area (Å²) in [5.74, 6) is 0. The van der Waals surface area contributed by atoms with Crippen LogP contribution in [0.4, 0.5) is 0 Å². The molecule has 1 aliphatic heterocycles. The minimum absolute atomic E-state index is 0.323. The fraction of sp³-hybridized carbons (Fsp3) is 0.333. The van der Waals surface area contributed by atoms with Crippen molar-refractivity contribution in [2.24, 2.45) is 10.1 Å². The summed E-state index contributed by atoms with van der Waals surface area (Å²) in [6.45, 7) is 5.01. The normalized spacial score (nSPS) is 21.2. The van der Waals surface area contributed by atoms with Crippen molar-refractivity contribution < 1.29 is 0 Å². The number of aliphatic imine (C=N–C) groups is 1. The lowest BCUT2D eigenvalue weighted by molar-refractivity contribution is 0.621. The number of fused-ring (bicyclic) bond motifs is 2. The van der Waals surface area contributed by atoms with Crippen LogP contribution in [-0.2, 0) is 0 Å². The Hall–Kier alpha value is -2.16. The van der Waals surface area contributed by atoms with Crippen LogP contribution in [0.15, 0.2) is 51.6 Å². The summed E-state index contributed by atoms with van der Waals surface area (Å²) in [4.78, 5) is 4.78. The summed E-state index contributed by atoms with van der Waals surface area (Å²) in [6.07, 6.45) is 4.58. The maximum Gasteiger partial charge on any atom is 0.117 e. The van der Waals surface area contributed by atoms with Crippen LogP contribution in [0.5, 0.6) is 0 Å². The van der Waals surface area contributed by atoms with E-state index in [1.807, 2.05) is 0 Å². The van der Waals surface area contributed by atoms with E-state index in [1.165, 1.54) is 27.8 Å². The van der Waals surface area contributed by atoms with Crippen molar-refractivity contribution in [2.45, 2.75) is 32.7 Å². The maximum atomic E-state index is 4.78. The van der Waals surface area contributed by atoms with Crippen molar-refractivity contribution in [3.8, 4) is 0 Å². The zero-order valence-electron chi connectivity index (χ0n) is 12.5. The molecule has 106 valence electrons.